The van der Waals surface area contributed by atoms with E-state index in [4.69, 9.17) is 0 Å². The van der Waals surface area contributed by atoms with Crippen molar-refractivity contribution in [1.29, 1.82) is 0 Å². The lowest BCUT2D eigenvalue weighted by Gasteiger charge is -2.07. The van der Waals surface area contributed by atoms with Crippen molar-refractivity contribution in [2.24, 2.45) is 5.92 Å². The standard InChI is InChI=1S/C6H9FO2S/c1-9-6(8)4-2-10-3-5(4)7/h4-5H,2-3H2,1H3/t4-,5+/m0/s1. The van der Waals surface area contributed by atoms with Gasteiger partial charge in [0.15, 0.2) is 0 Å². The fourth-order valence-electron chi connectivity index (χ4n) is 0.895. The maximum atomic E-state index is 12.7. The monoisotopic (exact) mass is 164 g/mol. The molecule has 0 unspecified atom stereocenters. The van der Waals surface area contributed by atoms with Crippen molar-refractivity contribution in [2.75, 3.05) is 18.6 Å². The minimum Gasteiger partial charge on any atom is -0.469 e. The molecule has 1 heterocycles. The minimum absolute atomic E-state index is 0.419. The molecule has 0 aromatic rings. The lowest BCUT2D eigenvalue weighted by molar-refractivity contribution is -0.146. The molecule has 0 bridgehead atoms. The Morgan fingerprint density at radius 1 is 1.70 bits per heavy atom. The van der Waals surface area contributed by atoms with Gasteiger partial charge in [0.05, 0.1) is 13.0 Å². The molecule has 1 aliphatic rings. The summed E-state index contributed by atoms with van der Waals surface area (Å²) in [7, 11) is 1.29. The van der Waals surface area contributed by atoms with Gasteiger partial charge in [-0.05, 0) is 0 Å². The molecular formula is C6H9FO2S. The zero-order chi connectivity index (χ0) is 7.56. The van der Waals surface area contributed by atoms with E-state index in [2.05, 4.69) is 4.74 Å². The Labute approximate surface area is 63.1 Å². The predicted molar refractivity (Wildman–Crippen MR) is 37.7 cm³/mol. The Hall–Kier alpha value is -0.250. The van der Waals surface area contributed by atoms with Crippen molar-refractivity contribution in [2.45, 2.75) is 6.17 Å². The summed E-state index contributed by atoms with van der Waals surface area (Å²) in [5, 5.41) is 0. The molecule has 0 aliphatic carbocycles. The molecular weight excluding hydrogens is 155 g/mol. The van der Waals surface area contributed by atoms with E-state index in [-0.39, 0.29) is 0 Å². The molecule has 0 spiro atoms. The van der Waals surface area contributed by atoms with E-state index >= 15 is 0 Å². The van der Waals surface area contributed by atoms with Crippen LogP contribution in [0.25, 0.3) is 0 Å². The second kappa shape index (κ2) is 3.23. The van der Waals surface area contributed by atoms with Crippen LogP contribution in [0.3, 0.4) is 0 Å². The topological polar surface area (TPSA) is 26.3 Å². The second-order valence-corrected chi connectivity index (χ2v) is 3.26. The van der Waals surface area contributed by atoms with Gasteiger partial charge in [-0.2, -0.15) is 11.8 Å². The van der Waals surface area contributed by atoms with Gasteiger partial charge in [-0.25, -0.2) is 4.39 Å². The summed E-state index contributed by atoms with van der Waals surface area (Å²) < 4.78 is 17.1. The van der Waals surface area contributed by atoms with E-state index in [0.717, 1.165) is 0 Å². The van der Waals surface area contributed by atoms with Crippen LogP contribution in [0, 0.1) is 5.92 Å². The summed E-state index contributed by atoms with van der Waals surface area (Å²) >= 11 is 1.46. The Bertz CT molecular complexity index is 140. The van der Waals surface area contributed by atoms with Crippen LogP contribution < -0.4 is 0 Å². The van der Waals surface area contributed by atoms with Gasteiger partial charge in [-0.3, -0.25) is 4.79 Å². The van der Waals surface area contributed by atoms with Gasteiger partial charge < -0.3 is 4.74 Å². The molecule has 4 heteroatoms. The first-order valence-electron chi connectivity index (χ1n) is 3.05. The van der Waals surface area contributed by atoms with Crippen molar-refractivity contribution >= 4 is 17.7 Å². The molecule has 1 fully saturated rings. The quantitative estimate of drug-likeness (QED) is 0.538. The normalized spacial score (nSPS) is 32.2. The third-order valence-electron chi connectivity index (χ3n) is 1.52. The van der Waals surface area contributed by atoms with Crippen LogP contribution in [0.1, 0.15) is 0 Å². The van der Waals surface area contributed by atoms with Crippen LogP contribution >= 0.6 is 11.8 Å². The molecule has 2 atom stereocenters. The van der Waals surface area contributed by atoms with Gasteiger partial charge in [-0.15, -0.1) is 0 Å². The molecule has 2 nitrogen and oxygen atoms in total. The molecule has 0 aromatic carbocycles. The average molecular weight is 164 g/mol. The molecule has 1 rings (SSSR count). The zero-order valence-electron chi connectivity index (χ0n) is 5.67. The highest BCUT2D eigenvalue weighted by Gasteiger charge is 2.34. The number of hydrogen-bond acceptors (Lipinski definition) is 3. The Morgan fingerprint density at radius 2 is 2.40 bits per heavy atom. The molecule has 0 radical (unpaired) electrons. The Morgan fingerprint density at radius 3 is 2.80 bits per heavy atom. The highest BCUT2D eigenvalue weighted by Crippen LogP contribution is 2.27. The number of hydrogen-bond donors (Lipinski definition) is 0. The third kappa shape index (κ3) is 1.42. The number of methoxy groups -OCH3 is 1. The number of alkyl halides is 1. The second-order valence-electron chi connectivity index (χ2n) is 2.18. The molecule has 1 aliphatic heterocycles. The molecule has 0 N–H and O–H groups in total. The number of carbonyl (C=O) groups excluding carboxylic acids is 1. The fourth-order valence-corrected chi connectivity index (χ4v) is 2.09. The van der Waals surface area contributed by atoms with E-state index < -0.39 is 18.1 Å². The predicted octanol–water partition coefficient (Wildman–Crippen LogP) is 0.860. The van der Waals surface area contributed by atoms with Gasteiger partial charge in [0, 0.05) is 11.5 Å². The van der Waals surface area contributed by atoms with Gasteiger partial charge in [0.25, 0.3) is 0 Å². The number of rotatable bonds is 1. The van der Waals surface area contributed by atoms with Crippen molar-refractivity contribution in [1.82, 2.24) is 0 Å². The van der Waals surface area contributed by atoms with Crippen LogP contribution in [0.15, 0.2) is 0 Å². The van der Waals surface area contributed by atoms with Crippen LogP contribution in [-0.2, 0) is 9.53 Å². The molecule has 0 saturated carbocycles. The van der Waals surface area contributed by atoms with E-state index in [0.29, 0.717) is 11.5 Å². The fraction of sp³-hybridized carbons (Fsp3) is 0.833. The Balaban J connectivity index is 2.46. The molecule has 0 amide bonds. The lowest BCUT2D eigenvalue weighted by atomic mass is 10.1. The first kappa shape index (κ1) is 7.85. The maximum absolute atomic E-state index is 12.7. The van der Waals surface area contributed by atoms with Crippen LogP contribution in [-0.4, -0.2) is 30.8 Å². The number of thioether (sulfide) groups is 1. The van der Waals surface area contributed by atoms with Crippen LogP contribution in [0.4, 0.5) is 4.39 Å². The maximum Gasteiger partial charge on any atom is 0.312 e. The summed E-state index contributed by atoms with van der Waals surface area (Å²) in [5.74, 6) is 0.0562. The van der Waals surface area contributed by atoms with Crippen molar-refractivity contribution in [3.05, 3.63) is 0 Å². The molecule has 10 heavy (non-hydrogen) atoms. The largest absolute Gasteiger partial charge is 0.469 e. The van der Waals surface area contributed by atoms with Crippen molar-refractivity contribution in [3.63, 3.8) is 0 Å². The van der Waals surface area contributed by atoms with E-state index in [9.17, 15) is 9.18 Å². The van der Waals surface area contributed by atoms with Gasteiger partial charge >= 0.3 is 5.97 Å². The number of carbonyl (C=O) groups is 1. The van der Waals surface area contributed by atoms with Crippen LogP contribution in [0.5, 0.6) is 0 Å². The number of esters is 1. The smallest absolute Gasteiger partial charge is 0.312 e. The highest BCUT2D eigenvalue weighted by molar-refractivity contribution is 7.99. The van der Waals surface area contributed by atoms with Crippen molar-refractivity contribution < 1.29 is 13.9 Å². The number of halogens is 1. The SMILES string of the molecule is COC(=O)[C@H]1CSC[C@H]1F. The van der Waals surface area contributed by atoms with Crippen LogP contribution in [0.2, 0.25) is 0 Å². The summed E-state index contributed by atoms with van der Waals surface area (Å²) in [4.78, 5) is 10.7. The molecule has 1 saturated heterocycles. The van der Waals surface area contributed by atoms with Crippen molar-refractivity contribution in [3.8, 4) is 0 Å². The van der Waals surface area contributed by atoms with Gasteiger partial charge in [0.2, 0.25) is 0 Å². The summed E-state index contributed by atoms with van der Waals surface area (Å²) in [6, 6.07) is 0. The van der Waals surface area contributed by atoms with Gasteiger partial charge in [0.1, 0.15) is 6.17 Å². The summed E-state index contributed by atoms with van der Waals surface area (Å²) in [5.41, 5.74) is 0. The number of ether oxygens (including phenoxy) is 1. The first-order valence-corrected chi connectivity index (χ1v) is 4.21. The molecule has 0 aromatic heterocycles. The molecule has 58 valence electrons. The minimum atomic E-state index is -1.00. The lowest BCUT2D eigenvalue weighted by Crippen LogP contribution is -2.24. The summed E-state index contributed by atoms with van der Waals surface area (Å²) in [6.07, 6.45) is -1.00. The zero-order valence-corrected chi connectivity index (χ0v) is 6.49. The highest BCUT2D eigenvalue weighted by atomic mass is 32.2. The third-order valence-corrected chi connectivity index (χ3v) is 2.66. The van der Waals surface area contributed by atoms with E-state index in [1.807, 2.05) is 0 Å². The van der Waals surface area contributed by atoms with Gasteiger partial charge in [-0.1, -0.05) is 0 Å². The average Bonchev–Trinajstić information content (AvgIpc) is 2.34. The Kier molecular flexibility index (Phi) is 2.54. The first-order chi connectivity index (χ1) is 4.75. The van der Waals surface area contributed by atoms with E-state index in [1.165, 1.54) is 18.9 Å². The van der Waals surface area contributed by atoms with E-state index in [1.54, 1.807) is 0 Å². The summed E-state index contributed by atoms with van der Waals surface area (Å²) in [6.45, 7) is 0.